The first-order valence-electron chi connectivity index (χ1n) is 8.25. The van der Waals surface area contributed by atoms with Crippen molar-refractivity contribution in [1.29, 1.82) is 0 Å². The summed E-state index contributed by atoms with van der Waals surface area (Å²) in [5, 5.41) is 0. The Hall–Kier alpha value is -3.23. The number of carbonyl (C=O) groups excluding carboxylic acids is 2. The van der Waals surface area contributed by atoms with Crippen molar-refractivity contribution >= 4 is 11.8 Å². The Balaban J connectivity index is 1.89. The molecule has 0 heterocycles. The van der Waals surface area contributed by atoms with Gasteiger partial charge in [-0.1, -0.05) is 12.1 Å². The third-order valence-corrected chi connectivity index (χ3v) is 3.88. The van der Waals surface area contributed by atoms with E-state index in [4.69, 9.17) is 4.74 Å². The number of nitrogens with one attached hydrogen (secondary N) is 2. The molecule has 1 atom stereocenters. The van der Waals surface area contributed by atoms with Crippen molar-refractivity contribution < 1.29 is 32.2 Å². The van der Waals surface area contributed by atoms with Gasteiger partial charge in [0.05, 0.1) is 0 Å². The van der Waals surface area contributed by atoms with Gasteiger partial charge in [-0.15, -0.1) is 13.2 Å². The lowest BCUT2D eigenvalue weighted by molar-refractivity contribution is -0.274. The molecular weight excluding hydrogens is 377 g/mol. The van der Waals surface area contributed by atoms with Crippen LogP contribution < -0.4 is 20.3 Å². The molecule has 0 fully saturated rings. The number of hydrazine groups is 1. The molecule has 2 aromatic rings. The minimum atomic E-state index is -4.82. The third-order valence-electron chi connectivity index (χ3n) is 3.88. The highest BCUT2D eigenvalue weighted by atomic mass is 19.4. The molecular formula is C19H19F3N2O4. The summed E-state index contributed by atoms with van der Waals surface area (Å²) >= 11 is 0. The SMILES string of the molecule is Cc1cccc(OC(C)C(=O)NNC(=O)c2ccc(OC(F)(F)F)cc2)c1C. The van der Waals surface area contributed by atoms with Crippen LogP contribution in [-0.2, 0) is 4.79 Å². The first-order chi connectivity index (χ1) is 13.1. The van der Waals surface area contributed by atoms with E-state index in [2.05, 4.69) is 15.6 Å². The summed E-state index contributed by atoms with van der Waals surface area (Å²) in [7, 11) is 0. The Bertz CT molecular complexity index is 851. The summed E-state index contributed by atoms with van der Waals surface area (Å²) in [5.74, 6) is -1.20. The predicted molar refractivity (Wildman–Crippen MR) is 94.7 cm³/mol. The molecule has 0 aromatic heterocycles. The lowest BCUT2D eigenvalue weighted by atomic mass is 10.1. The van der Waals surface area contributed by atoms with Crippen LogP contribution in [0.15, 0.2) is 42.5 Å². The largest absolute Gasteiger partial charge is 0.573 e. The second-order valence-electron chi connectivity index (χ2n) is 5.97. The molecule has 1 unspecified atom stereocenters. The second kappa shape index (κ2) is 8.64. The molecule has 2 amide bonds. The van der Waals surface area contributed by atoms with Gasteiger partial charge in [-0.3, -0.25) is 20.4 Å². The monoisotopic (exact) mass is 396 g/mol. The Kier molecular flexibility index (Phi) is 6.50. The van der Waals surface area contributed by atoms with Crippen molar-refractivity contribution in [2.75, 3.05) is 0 Å². The molecule has 0 aliphatic heterocycles. The first kappa shape index (κ1) is 21.1. The average Bonchev–Trinajstić information content (AvgIpc) is 2.62. The Morgan fingerprint density at radius 1 is 1.00 bits per heavy atom. The van der Waals surface area contributed by atoms with Crippen molar-refractivity contribution in [2.24, 2.45) is 0 Å². The summed E-state index contributed by atoms with van der Waals surface area (Å²) in [6, 6.07) is 9.72. The van der Waals surface area contributed by atoms with Gasteiger partial charge < -0.3 is 9.47 Å². The maximum absolute atomic E-state index is 12.1. The lowest BCUT2D eigenvalue weighted by Gasteiger charge is -2.17. The van der Waals surface area contributed by atoms with E-state index < -0.39 is 30.0 Å². The van der Waals surface area contributed by atoms with Gasteiger partial charge >= 0.3 is 6.36 Å². The zero-order valence-electron chi connectivity index (χ0n) is 15.4. The molecule has 0 saturated carbocycles. The number of rotatable bonds is 5. The quantitative estimate of drug-likeness (QED) is 0.760. The van der Waals surface area contributed by atoms with E-state index in [1.165, 1.54) is 6.92 Å². The van der Waals surface area contributed by atoms with Crippen LogP contribution in [0.1, 0.15) is 28.4 Å². The number of amides is 2. The summed E-state index contributed by atoms with van der Waals surface area (Å²) < 4.78 is 45.7. The highest BCUT2D eigenvalue weighted by Gasteiger charge is 2.31. The molecule has 2 rings (SSSR count). The summed E-state index contributed by atoms with van der Waals surface area (Å²) in [5.41, 5.74) is 6.34. The van der Waals surface area contributed by atoms with Crippen LogP contribution in [0.3, 0.4) is 0 Å². The molecule has 2 N–H and O–H groups in total. The van der Waals surface area contributed by atoms with Crippen molar-refractivity contribution in [3.63, 3.8) is 0 Å². The molecule has 6 nitrogen and oxygen atoms in total. The Morgan fingerprint density at radius 2 is 1.64 bits per heavy atom. The molecule has 0 aliphatic rings. The van der Waals surface area contributed by atoms with Crippen LogP contribution in [0.25, 0.3) is 0 Å². The molecule has 2 aromatic carbocycles. The molecule has 0 bridgehead atoms. The van der Waals surface area contributed by atoms with Crippen molar-refractivity contribution in [1.82, 2.24) is 10.9 Å². The minimum Gasteiger partial charge on any atom is -0.481 e. The Labute approximate surface area is 159 Å². The van der Waals surface area contributed by atoms with Crippen molar-refractivity contribution in [3.8, 4) is 11.5 Å². The molecule has 0 spiro atoms. The fourth-order valence-corrected chi connectivity index (χ4v) is 2.20. The number of halogens is 3. The molecule has 150 valence electrons. The van der Waals surface area contributed by atoms with Gasteiger partial charge in [0.15, 0.2) is 6.10 Å². The number of benzene rings is 2. The van der Waals surface area contributed by atoms with Gasteiger partial charge in [0, 0.05) is 5.56 Å². The molecule has 0 aliphatic carbocycles. The van der Waals surface area contributed by atoms with E-state index in [1.807, 2.05) is 19.9 Å². The number of carbonyl (C=O) groups is 2. The third kappa shape index (κ3) is 5.90. The second-order valence-corrected chi connectivity index (χ2v) is 5.97. The van der Waals surface area contributed by atoms with E-state index in [1.54, 1.807) is 12.1 Å². The number of hydrogen-bond donors (Lipinski definition) is 2. The number of ether oxygens (including phenoxy) is 2. The minimum absolute atomic E-state index is 0.0397. The molecule has 9 heteroatoms. The van der Waals surface area contributed by atoms with E-state index in [0.717, 1.165) is 35.4 Å². The summed E-state index contributed by atoms with van der Waals surface area (Å²) in [6.07, 6.45) is -5.70. The highest BCUT2D eigenvalue weighted by molar-refractivity contribution is 5.95. The zero-order chi connectivity index (χ0) is 20.9. The van der Waals surface area contributed by atoms with Crippen LogP contribution in [0.5, 0.6) is 11.5 Å². The van der Waals surface area contributed by atoms with Crippen LogP contribution in [0.2, 0.25) is 0 Å². The van der Waals surface area contributed by atoms with E-state index in [9.17, 15) is 22.8 Å². The number of hydrogen-bond acceptors (Lipinski definition) is 4. The van der Waals surface area contributed by atoms with Crippen LogP contribution >= 0.6 is 0 Å². The van der Waals surface area contributed by atoms with Crippen LogP contribution in [0, 0.1) is 13.8 Å². The Morgan fingerprint density at radius 3 is 2.25 bits per heavy atom. The van der Waals surface area contributed by atoms with E-state index in [0.29, 0.717) is 5.75 Å². The summed E-state index contributed by atoms with van der Waals surface area (Å²) in [6.45, 7) is 5.30. The number of aryl methyl sites for hydroxylation is 1. The topological polar surface area (TPSA) is 76.7 Å². The van der Waals surface area contributed by atoms with Gasteiger partial charge in [-0.25, -0.2) is 0 Å². The molecule has 0 saturated heterocycles. The van der Waals surface area contributed by atoms with Crippen LogP contribution in [-0.4, -0.2) is 24.3 Å². The zero-order valence-corrected chi connectivity index (χ0v) is 15.4. The average molecular weight is 396 g/mol. The first-order valence-corrected chi connectivity index (χ1v) is 8.25. The lowest BCUT2D eigenvalue weighted by Crippen LogP contribution is -2.47. The normalized spacial score (nSPS) is 12.1. The fourth-order valence-electron chi connectivity index (χ4n) is 2.20. The molecule has 28 heavy (non-hydrogen) atoms. The smallest absolute Gasteiger partial charge is 0.481 e. The number of alkyl halides is 3. The van der Waals surface area contributed by atoms with Gasteiger partial charge in [0.25, 0.3) is 11.8 Å². The van der Waals surface area contributed by atoms with Crippen LogP contribution in [0.4, 0.5) is 13.2 Å². The molecule has 0 radical (unpaired) electrons. The van der Waals surface area contributed by atoms with E-state index in [-0.39, 0.29) is 5.56 Å². The van der Waals surface area contributed by atoms with Crippen molar-refractivity contribution in [3.05, 3.63) is 59.2 Å². The highest BCUT2D eigenvalue weighted by Crippen LogP contribution is 2.23. The van der Waals surface area contributed by atoms with Gasteiger partial charge in [-0.05, 0) is 62.2 Å². The van der Waals surface area contributed by atoms with Gasteiger partial charge in [0.1, 0.15) is 11.5 Å². The van der Waals surface area contributed by atoms with E-state index >= 15 is 0 Å². The van der Waals surface area contributed by atoms with Gasteiger partial charge in [0.2, 0.25) is 0 Å². The van der Waals surface area contributed by atoms with Gasteiger partial charge in [-0.2, -0.15) is 0 Å². The standard InChI is InChI=1S/C19H19F3N2O4/c1-11-5-4-6-16(12(11)2)27-13(3)17(25)23-24-18(26)14-7-9-15(10-8-14)28-19(20,21)22/h4-10,13H,1-3H3,(H,23,25)(H,24,26). The van der Waals surface area contributed by atoms with Crippen molar-refractivity contribution in [2.45, 2.75) is 33.2 Å². The fraction of sp³-hybridized carbons (Fsp3) is 0.263. The summed E-state index contributed by atoms with van der Waals surface area (Å²) in [4.78, 5) is 24.1. The predicted octanol–water partition coefficient (Wildman–Crippen LogP) is 3.43. The maximum atomic E-state index is 12.1. The maximum Gasteiger partial charge on any atom is 0.573 e.